The van der Waals surface area contributed by atoms with E-state index in [4.69, 9.17) is 5.73 Å². The number of nitrogens with two attached hydrogens (primary N) is 1. The summed E-state index contributed by atoms with van der Waals surface area (Å²) in [6.45, 7) is 2.15. The van der Waals surface area contributed by atoms with E-state index in [1.807, 2.05) is 6.20 Å². The molecule has 1 unspecified atom stereocenters. The highest BCUT2D eigenvalue weighted by Crippen LogP contribution is 2.30. The average molecular weight is 174 g/mol. The number of aromatic nitrogens is 1. The third-order valence-electron chi connectivity index (χ3n) is 1.30. The highest BCUT2D eigenvalue weighted by atomic mass is 32.2. The van der Waals surface area contributed by atoms with Crippen molar-refractivity contribution in [3.8, 4) is 0 Å². The first-order valence-corrected chi connectivity index (χ1v) is 5.08. The van der Waals surface area contributed by atoms with Crippen molar-refractivity contribution in [3.63, 3.8) is 0 Å². The monoisotopic (exact) mass is 174 g/mol. The molecular weight excluding hydrogens is 164 g/mol. The molecule has 0 bridgehead atoms. The first kappa shape index (κ1) is 7.88. The number of anilines is 1. The zero-order valence-electron chi connectivity index (χ0n) is 6.00. The summed E-state index contributed by atoms with van der Waals surface area (Å²) >= 11 is 3.37. The minimum atomic E-state index is 0.523. The van der Waals surface area contributed by atoms with Crippen molar-refractivity contribution >= 4 is 28.2 Å². The van der Waals surface area contributed by atoms with Gasteiger partial charge in [0.15, 0.2) is 5.13 Å². The lowest BCUT2D eigenvalue weighted by molar-refractivity contribution is 1.13. The van der Waals surface area contributed by atoms with Gasteiger partial charge in [0, 0.05) is 16.3 Å². The summed E-state index contributed by atoms with van der Waals surface area (Å²) in [6.07, 6.45) is 3.93. The van der Waals surface area contributed by atoms with E-state index in [1.165, 1.54) is 4.88 Å². The predicted molar refractivity (Wildman–Crippen MR) is 48.5 cm³/mol. The van der Waals surface area contributed by atoms with Gasteiger partial charge in [-0.15, -0.1) is 11.3 Å². The van der Waals surface area contributed by atoms with Gasteiger partial charge in [0.2, 0.25) is 0 Å². The van der Waals surface area contributed by atoms with Crippen molar-refractivity contribution < 1.29 is 0 Å². The van der Waals surface area contributed by atoms with Crippen LogP contribution in [0, 0.1) is 0 Å². The maximum Gasteiger partial charge on any atom is 0.180 e. The van der Waals surface area contributed by atoms with Crippen LogP contribution in [0.15, 0.2) is 6.20 Å². The van der Waals surface area contributed by atoms with E-state index >= 15 is 0 Å². The fourth-order valence-electron chi connectivity index (χ4n) is 0.605. The fourth-order valence-corrected chi connectivity index (χ4v) is 1.95. The van der Waals surface area contributed by atoms with E-state index in [2.05, 4.69) is 18.2 Å². The molecule has 0 saturated carbocycles. The van der Waals surface area contributed by atoms with Crippen molar-refractivity contribution in [1.29, 1.82) is 0 Å². The second-order valence-corrected chi connectivity index (χ2v) is 4.25. The molecule has 1 rings (SSSR count). The number of nitrogens with zero attached hydrogens (tertiary/aromatic N) is 1. The summed E-state index contributed by atoms with van der Waals surface area (Å²) in [5, 5.41) is 1.19. The number of hydrogen-bond acceptors (Lipinski definition) is 4. The van der Waals surface area contributed by atoms with Gasteiger partial charge in [-0.2, -0.15) is 11.8 Å². The minimum Gasteiger partial charge on any atom is -0.375 e. The Hall–Kier alpha value is -0.220. The van der Waals surface area contributed by atoms with E-state index in [9.17, 15) is 0 Å². The summed E-state index contributed by atoms with van der Waals surface area (Å²) in [4.78, 5) is 5.22. The third kappa shape index (κ3) is 1.64. The van der Waals surface area contributed by atoms with Crippen LogP contribution in [0.3, 0.4) is 0 Å². The first-order chi connectivity index (χ1) is 4.74. The molecule has 0 spiro atoms. The van der Waals surface area contributed by atoms with Crippen LogP contribution >= 0.6 is 23.1 Å². The maximum atomic E-state index is 5.47. The number of rotatable bonds is 2. The summed E-state index contributed by atoms with van der Waals surface area (Å²) in [5.41, 5.74) is 5.47. The second kappa shape index (κ2) is 3.25. The smallest absolute Gasteiger partial charge is 0.180 e. The summed E-state index contributed by atoms with van der Waals surface area (Å²) in [5.74, 6) is 0. The van der Waals surface area contributed by atoms with Crippen LogP contribution in [-0.4, -0.2) is 11.2 Å². The van der Waals surface area contributed by atoms with Gasteiger partial charge in [0.05, 0.1) is 0 Å². The molecule has 2 N–H and O–H groups in total. The molecule has 0 aromatic carbocycles. The molecule has 0 aliphatic carbocycles. The molecule has 0 saturated heterocycles. The molecule has 1 atom stereocenters. The highest BCUT2D eigenvalue weighted by Gasteiger charge is 2.05. The topological polar surface area (TPSA) is 38.9 Å². The molecule has 0 fully saturated rings. The van der Waals surface area contributed by atoms with Gasteiger partial charge in [-0.25, -0.2) is 4.98 Å². The van der Waals surface area contributed by atoms with Crippen LogP contribution in [0.2, 0.25) is 0 Å². The summed E-state index contributed by atoms with van der Waals surface area (Å²) in [7, 11) is 0. The Balaban J connectivity index is 2.74. The molecule has 4 heteroatoms. The molecule has 10 heavy (non-hydrogen) atoms. The molecule has 0 aliphatic rings. The lowest BCUT2D eigenvalue weighted by atomic mass is 10.4. The standard InChI is InChI=1S/C6H10N2S2/c1-4(9-2)5-3-8-6(7)10-5/h3-4H,1-2H3,(H2,7,8). The van der Waals surface area contributed by atoms with Crippen molar-refractivity contribution in [1.82, 2.24) is 4.98 Å². The second-order valence-electron chi connectivity index (χ2n) is 1.98. The fraction of sp³-hybridized carbons (Fsp3) is 0.500. The molecule has 0 amide bonds. The van der Waals surface area contributed by atoms with Crippen LogP contribution in [0.1, 0.15) is 17.1 Å². The van der Waals surface area contributed by atoms with Crippen molar-refractivity contribution in [3.05, 3.63) is 11.1 Å². The van der Waals surface area contributed by atoms with Gasteiger partial charge in [0.25, 0.3) is 0 Å². The van der Waals surface area contributed by atoms with Crippen molar-refractivity contribution in [2.45, 2.75) is 12.2 Å². The largest absolute Gasteiger partial charge is 0.375 e. The van der Waals surface area contributed by atoms with Gasteiger partial charge >= 0.3 is 0 Å². The molecule has 0 radical (unpaired) electrons. The maximum absolute atomic E-state index is 5.47. The quantitative estimate of drug-likeness (QED) is 0.746. The summed E-state index contributed by atoms with van der Waals surface area (Å²) in [6, 6.07) is 0. The van der Waals surface area contributed by atoms with Crippen LogP contribution in [0.4, 0.5) is 5.13 Å². The lowest BCUT2D eigenvalue weighted by Gasteiger charge is -2.01. The predicted octanol–water partition coefficient (Wildman–Crippen LogP) is 2.15. The normalized spacial score (nSPS) is 13.4. The Morgan fingerprint density at radius 2 is 2.50 bits per heavy atom. The van der Waals surface area contributed by atoms with E-state index in [1.54, 1.807) is 23.1 Å². The molecule has 1 aromatic rings. The SMILES string of the molecule is CSC(C)c1cnc(N)s1. The first-order valence-electron chi connectivity index (χ1n) is 2.98. The third-order valence-corrected chi connectivity index (χ3v) is 3.42. The van der Waals surface area contributed by atoms with Crippen LogP contribution < -0.4 is 5.73 Å². The zero-order chi connectivity index (χ0) is 7.56. The molecule has 0 aliphatic heterocycles. The molecule has 2 nitrogen and oxygen atoms in total. The van der Waals surface area contributed by atoms with Crippen LogP contribution in [0.25, 0.3) is 0 Å². The Labute approximate surface area is 68.8 Å². The molecular formula is C6H10N2S2. The summed E-state index contributed by atoms with van der Waals surface area (Å²) < 4.78 is 0. The number of thiazole rings is 1. The lowest BCUT2D eigenvalue weighted by Crippen LogP contribution is -1.79. The van der Waals surface area contributed by atoms with Crippen LogP contribution in [-0.2, 0) is 0 Å². The molecule has 1 aromatic heterocycles. The van der Waals surface area contributed by atoms with Crippen molar-refractivity contribution in [2.24, 2.45) is 0 Å². The van der Waals surface area contributed by atoms with E-state index in [0.717, 1.165) is 0 Å². The van der Waals surface area contributed by atoms with Gasteiger partial charge in [0.1, 0.15) is 0 Å². The minimum absolute atomic E-state index is 0.523. The Morgan fingerprint density at radius 3 is 2.90 bits per heavy atom. The van der Waals surface area contributed by atoms with Crippen LogP contribution in [0.5, 0.6) is 0 Å². The van der Waals surface area contributed by atoms with Gasteiger partial charge in [-0.1, -0.05) is 0 Å². The molecule has 56 valence electrons. The van der Waals surface area contributed by atoms with Crippen molar-refractivity contribution in [2.75, 3.05) is 12.0 Å². The van der Waals surface area contributed by atoms with E-state index < -0.39 is 0 Å². The number of nitrogen functional groups attached to an aromatic ring is 1. The Kier molecular flexibility index (Phi) is 2.56. The number of hydrogen-bond donors (Lipinski definition) is 1. The van der Waals surface area contributed by atoms with Gasteiger partial charge < -0.3 is 5.73 Å². The Morgan fingerprint density at radius 1 is 1.80 bits per heavy atom. The Bertz CT molecular complexity index is 209. The average Bonchev–Trinajstić information content (AvgIpc) is 2.34. The highest BCUT2D eigenvalue weighted by molar-refractivity contribution is 7.98. The number of thioether (sulfide) groups is 1. The van der Waals surface area contributed by atoms with Gasteiger partial charge in [-0.3, -0.25) is 0 Å². The molecule has 1 heterocycles. The van der Waals surface area contributed by atoms with E-state index in [0.29, 0.717) is 10.4 Å². The van der Waals surface area contributed by atoms with E-state index in [-0.39, 0.29) is 0 Å². The van der Waals surface area contributed by atoms with Gasteiger partial charge in [-0.05, 0) is 13.2 Å². The zero-order valence-corrected chi connectivity index (χ0v) is 7.63.